The summed E-state index contributed by atoms with van der Waals surface area (Å²) in [7, 11) is 0. The maximum Gasteiger partial charge on any atom is 0.306 e. The predicted octanol–water partition coefficient (Wildman–Crippen LogP) is 18.2. The third-order valence-electron chi connectivity index (χ3n) is 11.1. The van der Waals surface area contributed by atoms with Crippen molar-refractivity contribution in [2.75, 3.05) is 19.8 Å². The first-order chi connectivity index (χ1) is 31.6. The fraction of sp³-hybridized carbons (Fsp3) is 0.695. The normalized spacial score (nSPS) is 13.0. The molecule has 0 aliphatic rings. The van der Waals surface area contributed by atoms with E-state index < -0.39 is 6.10 Å². The maximum absolute atomic E-state index is 12.8. The molecule has 0 aromatic carbocycles. The Morgan fingerprint density at radius 2 is 0.750 bits per heavy atom. The monoisotopic (exact) mass is 889 g/mol. The summed E-state index contributed by atoms with van der Waals surface area (Å²) in [4.78, 5) is 25.4. The molecule has 0 amide bonds. The van der Waals surface area contributed by atoms with Crippen LogP contribution in [0.25, 0.3) is 0 Å². The number of allylic oxidation sites excluding steroid dienone is 16. The molecule has 0 saturated heterocycles. The Morgan fingerprint density at radius 1 is 0.359 bits per heavy atom. The Labute approximate surface area is 396 Å². The SMILES string of the molecule is CC/C=C\C/C=C\C/C=C\C/C=C\C/C=C\C/C=C\CCC(=O)OCC(COCCCCCCCCCC/C=C\CCCCCCCC)OC(=O)CCCCCCC/C=C\CCCC. The number of carbonyl (C=O) groups is 2. The van der Waals surface area contributed by atoms with Crippen LogP contribution in [0.1, 0.15) is 239 Å². The molecule has 0 bridgehead atoms. The maximum atomic E-state index is 12.8. The highest BCUT2D eigenvalue weighted by atomic mass is 16.6. The van der Waals surface area contributed by atoms with E-state index >= 15 is 0 Å². The van der Waals surface area contributed by atoms with Crippen molar-refractivity contribution >= 4 is 11.9 Å². The summed E-state index contributed by atoms with van der Waals surface area (Å²) >= 11 is 0. The van der Waals surface area contributed by atoms with Crippen molar-refractivity contribution in [2.24, 2.45) is 0 Å². The standard InChI is InChI=1S/C59H100O5/c1-4-7-10-13-16-19-22-24-26-28-30-31-33-35-38-40-43-46-49-52-58(60)63-56-57(64-59(61)53-50-47-44-41-37-21-18-15-12-9-6-3)55-62-54-51-48-45-42-39-36-34-32-29-27-25-23-20-17-14-11-8-5-2/h7,10,15-16,18-19,24-27,30-31,35,38,43,46,57H,4-6,8-9,11-14,17,20-23,28-29,32-34,36-37,39-42,44-45,47-56H2,1-3H3/b10-7-,18-15-,19-16-,26-24-,27-25-,31-30-,38-35-,46-43-. The summed E-state index contributed by atoms with van der Waals surface area (Å²) in [6, 6.07) is 0. The van der Waals surface area contributed by atoms with Gasteiger partial charge in [-0.3, -0.25) is 9.59 Å². The first-order valence-corrected chi connectivity index (χ1v) is 26.8. The summed E-state index contributed by atoms with van der Waals surface area (Å²) < 4.78 is 17.3. The molecule has 5 nitrogen and oxygen atoms in total. The molecule has 0 aromatic rings. The van der Waals surface area contributed by atoms with E-state index in [9.17, 15) is 9.59 Å². The molecule has 0 aromatic heterocycles. The zero-order chi connectivity index (χ0) is 46.3. The second-order valence-electron chi connectivity index (χ2n) is 17.4. The fourth-order valence-corrected chi connectivity index (χ4v) is 7.10. The minimum atomic E-state index is -0.577. The molecule has 0 saturated carbocycles. The number of hydrogen-bond donors (Lipinski definition) is 0. The summed E-state index contributed by atoms with van der Waals surface area (Å²) in [5.74, 6) is -0.508. The summed E-state index contributed by atoms with van der Waals surface area (Å²) in [6.07, 6.45) is 72.9. The van der Waals surface area contributed by atoms with Gasteiger partial charge in [-0.1, -0.05) is 221 Å². The third-order valence-corrected chi connectivity index (χ3v) is 11.1. The molecule has 64 heavy (non-hydrogen) atoms. The molecule has 366 valence electrons. The number of esters is 2. The van der Waals surface area contributed by atoms with Gasteiger partial charge in [-0.05, 0) is 103 Å². The van der Waals surface area contributed by atoms with E-state index in [4.69, 9.17) is 14.2 Å². The van der Waals surface area contributed by atoms with Gasteiger partial charge >= 0.3 is 11.9 Å². The van der Waals surface area contributed by atoms with Gasteiger partial charge in [-0.2, -0.15) is 0 Å². The van der Waals surface area contributed by atoms with Gasteiger partial charge in [0.1, 0.15) is 6.61 Å². The van der Waals surface area contributed by atoms with E-state index in [0.717, 1.165) is 77.0 Å². The van der Waals surface area contributed by atoms with Crippen molar-refractivity contribution < 1.29 is 23.8 Å². The van der Waals surface area contributed by atoms with E-state index in [1.54, 1.807) is 0 Å². The van der Waals surface area contributed by atoms with Gasteiger partial charge < -0.3 is 14.2 Å². The smallest absolute Gasteiger partial charge is 0.306 e. The van der Waals surface area contributed by atoms with Crippen LogP contribution in [0.15, 0.2) is 97.2 Å². The number of ether oxygens (including phenoxy) is 3. The third kappa shape index (κ3) is 51.5. The summed E-state index contributed by atoms with van der Waals surface area (Å²) in [5, 5.41) is 0. The fourth-order valence-electron chi connectivity index (χ4n) is 7.10. The van der Waals surface area contributed by atoms with Gasteiger partial charge in [0, 0.05) is 19.4 Å². The average molecular weight is 889 g/mol. The lowest BCUT2D eigenvalue weighted by molar-refractivity contribution is -0.162. The van der Waals surface area contributed by atoms with Crippen LogP contribution in [0.4, 0.5) is 0 Å². The molecule has 0 spiro atoms. The van der Waals surface area contributed by atoms with Gasteiger partial charge in [-0.15, -0.1) is 0 Å². The Bertz CT molecular complexity index is 1230. The van der Waals surface area contributed by atoms with Crippen LogP contribution in [0.5, 0.6) is 0 Å². The van der Waals surface area contributed by atoms with Crippen molar-refractivity contribution in [3.8, 4) is 0 Å². The molecule has 0 aliphatic heterocycles. The van der Waals surface area contributed by atoms with Gasteiger partial charge in [0.2, 0.25) is 0 Å². The van der Waals surface area contributed by atoms with Crippen LogP contribution in [0.3, 0.4) is 0 Å². The summed E-state index contributed by atoms with van der Waals surface area (Å²) in [6.45, 7) is 7.58. The molecule has 1 unspecified atom stereocenters. The zero-order valence-corrected chi connectivity index (χ0v) is 42.0. The second-order valence-corrected chi connectivity index (χ2v) is 17.4. The lowest BCUT2D eigenvalue weighted by Crippen LogP contribution is -2.30. The highest BCUT2D eigenvalue weighted by molar-refractivity contribution is 5.70. The lowest BCUT2D eigenvalue weighted by Gasteiger charge is -2.18. The molecule has 5 heteroatoms. The van der Waals surface area contributed by atoms with Gasteiger partial charge in [-0.25, -0.2) is 0 Å². The van der Waals surface area contributed by atoms with E-state index in [2.05, 4.69) is 112 Å². The lowest BCUT2D eigenvalue weighted by atomic mass is 10.1. The van der Waals surface area contributed by atoms with Crippen LogP contribution in [0.2, 0.25) is 0 Å². The topological polar surface area (TPSA) is 61.8 Å². The average Bonchev–Trinajstić information content (AvgIpc) is 3.30. The predicted molar refractivity (Wildman–Crippen MR) is 279 cm³/mol. The Morgan fingerprint density at radius 3 is 1.23 bits per heavy atom. The Hall–Kier alpha value is -3.18. The molecule has 0 aliphatic carbocycles. The molecule has 0 fully saturated rings. The van der Waals surface area contributed by atoms with Crippen LogP contribution >= 0.6 is 0 Å². The largest absolute Gasteiger partial charge is 0.462 e. The van der Waals surface area contributed by atoms with Crippen LogP contribution in [-0.4, -0.2) is 37.9 Å². The number of carbonyl (C=O) groups excluding carboxylic acids is 2. The zero-order valence-electron chi connectivity index (χ0n) is 42.0. The first kappa shape index (κ1) is 60.8. The molecule has 0 heterocycles. The Kier molecular flexibility index (Phi) is 51.5. The van der Waals surface area contributed by atoms with Crippen molar-refractivity contribution in [1.82, 2.24) is 0 Å². The van der Waals surface area contributed by atoms with E-state index in [0.29, 0.717) is 25.9 Å². The molecule has 0 N–H and O–H groups in total. The molecular formula is C59H100O5. The van der Waals surface area contributed by atoms with E-state index in [-0.39, 0.29) is 25.2 Å². The summed E-state index contributed by atoms with van der Waals surface area (Å²) in [5.41, 5.74) is 0. The Balaban J connectivity index is 4.36. The van der Waals surface area contributed by atoms with Crippen LogP contribution in [-0.2, 0) is 23.8 Å². The quantitative estimate of drug-likeness (QED) is 0.0346. The van der Waals surface area contributed by atoms with Gasteiger partial charge in [0.05, 0.1) is 6.61 Å². The minimum absolute atomic E-state index is 0.0367. The van der Waals surface area contributed by atoms with Crippen molar-refractivity contribution in [3.63, 3.8) is 0 Å². The van der Waals surface area contributed by atoms with Crippen LogP contribution < -0.4 is 0 Å². The van der Waals surface area contributed by atoms with Crippen LogP contribution in [0, 0.1) is 0 Å². The van der Waals surface area contributed by atoms with E-state index in [1.165, 1.54) is 122 Å². The van der Waals surface area contributed by atoms with Gasteiger partial charge in [0.25, 0.3) is 0 Å². The van der Waals surface area contributed by atoms with Gasteiger partial charge in [0.15, 0.2) is 6.10 Å². The van der Waals surface area contributed by atoms with Crippen molar-refractivity contribution in [2.45, 2.75) is 245 Å². The molecule has 0 rings (SSSR count). The number of rotatable bonds is 48. The number of hydrogen-bond acceptors (Lipinski definition) is 5. The van der Waals surface area contributed by atoms with E-state index in [1.807, 2.05) is 6.08 Å². The van der Waals surface area contributed by atoms with Crippen molar-refractivity contribution in [3.05, 3.63) is 97.2 Å². The molecule has 1 atom stereocenters. The van der Waals surface area contributed by atoms with Crippen molar-refractivity contribution in [1.29, 1.82) is 0 Å². The number of unbranched alkanes of at least 4 members (excludes halogenated alkanes) is 21. The first-order valence-electron chi connectivity index (χ1n) is 26.8. The molecular weight excluding hydrogens is 789 g/mol. The molecule has 0 radical (unpaired) electrons. The highest BCUT2D eigenvalue weighted by Gasteiger charge is 2.17. The highest BCUT2D eigenvalue weighted by Crippen LogP contribution is 2.13. The minimum Gasteiger partial charge on any atom is -0.462 e. The second kappa shape index (κ2) is 54.2.